The largest absolute Gasteiger partial charge is 0.349 e. The Bertz CT molecular complexity index is 366. The standard InChI is InChI=1S/C14H20N2O/c15-10-9-11-5-7-12(8-6-11)14(17)16-13-3-1-2-4-13/h5-8,13H,1-4,9-10,15H2,(H,16,17). The van der Waals surface area contributed by atoms with E-state index < -0.39 is 0 Å². The van der Waals surface area contributed by atoms with Gasteiger partial charge in [0.15, 0.2) is 0 Å². The molecule has 0 radical (unpaired) electrons. The summed E-state index contributed by atoms with van der Waals surface area (Å²) < 4.78 is 0. The molecule has 3 N–H and O–H groups in total. The van der Waals surface area contributed by atoms with Crippen LogP contribution in [-0.4, -0.2) is 18.5 Å². The van der Waals surface area contributed by atoms with Crippen molar-refractivity contribution in [1.29, 1.82) is 0 Å². The second kappa shape index (κ2) is 5.82. The van der Waals surface area contributed by atoms with Gasteiger partial charge < -0.3 is 11.1 Å². The third-order valence-corrected chi connectivity index (χ3v) is 3.34. The Balaban J connectivity index is 1.93. The van der Waals surface area contributed by atoms with Crippen molar-refractivity contribution in [1.82, 2.24) is 5.32 Å². The maximum atomic E-state index is 11.9. The molecule has 3 heteroatoms. The van der Waals surface area contributed by atoms with Crippen LogP contribution in [0.4, 0.5) is 0 Å². The Kier molecular flexibility index (Phi) is 4.15. The van der Waals surface area contributed by atoms with E-state index >= 15 is 0 Å². The van der Waals surface area contributed by atoms with Crippen LogP contribution in [0, 0.1) is 0 Å². The smallest absolute Gasteiger partial charge is 0.251 e. The molecule has 0 saturated heterocycles. The maximum absolute atomic E-state index is 11.9. The van der Waals surface area contributed by atoms with Gasteiger partial charge in [0.25, 0.3) is 5.91 Å². The van der Waals surface area contributed by atoms with Crippen molar-refractivity contribution < 1.29 is 4.79 Å². The van der Waals surface area contributed by atoms with Crippen LogP contribution in [0.25, 0.3) is 0 Å². The molecule has 0 spiro atoms. The van der Waals surface area contributed by atoms with Crippen LogP contribution in [-0.2, 0) is 6.42 Å². The van der Waals surface area contributed by atoms with Crippen molar-refractivity contribution in [3.05, 3.63) is 35.4 Å². The first kappa shape index (κ1) is 12.1. The molecule has 92 valence electrons. The zero-order chi connectivity index (χ0) is 12.1. The molecule has 1 aliphatic carbocycles. The van der Waals surface area contributed by atoms with Gasteiger partial charge in [0.1, 0.15) is 0 Å². The van der Waals surface area contributed by atoms with Gasteiger partial charge in [-0.25, -0.2) is 0 Å². The van der Waals surface area contributed by atoms with E-state index in [0.717, 1.165) is 24.8 Å². The molecule has 0 atom stereocenters. The topological polar surface area (TPSA) is 55.1 Å². The van der Waals surface area contributed by atoms with Gasteiger partial charge in [-0.15, -0.1) is 0 Å². The molecule has 0 heterocycles. The fraction of sp³-hybridized carbons (Fsp3) is 0.500. The SMILES string of the molecule is NCCc1ccc(C(=O)NC2CCCC2)cc1. The zero-order valence-electron chi connectivity index (χ0n) is 10.1. The Morgan fingerprint density at radius 1 is 1.24 bits per heavy atom. The Morgan fingerprint density at radius 2 is 1.88 bits per heavy atom. The monoisotopic (exact) mass is 232 g/mol. The highest BCUT2D eigenvalue weighted by atomic mass is 16.1. The first-order valence-electron chi connectivity index (χ1n) is 6.39. The number of rotatable bonds is 4. The van der Waals surface area contributed by atoms with E-state index in [1.807, 2.05) is 24.3 Å². The van der Waals surface area contributed by atoms with Crippen molar-refractivity contribution in [3.63, 3.8) is 0 Å². The number of carbonyl (C=O) groups excluding carboxylic acids is 1. The molecule has 0 bridgehead atoms. The van der Waals surface area contributed by atoms with Gasteiger partial charge in [0, 0.05) is 11.6 Å². The molecule has 1 amide bonds. The van der Waals surface area contributed by atoms with Crippen molar-refractivity contribution >= 4 is 5.91 Å². The van der Waals surface area contributed by atoms with Gasteiger partial charge in [0.2, 0.25) is 0 Å². The van der Waals surface area contributed by atoms with Crippen LogP contribution in [0.3, 0.4) is 0 Å². The zero-order valence-corrected chi connectivity index (χ0v) is 10.1. The molecular formula is C14H20N2O. The van der Waals surface area contributed by atoms with Gasteiger partial charge in [-0.3, -0.25) is 4.79 Å². The number of nitrogens with one attached hydrogen (secondary N) is 1. The summed E-state index contributed by atoms with van der Waals surface area (Å²) >= 11 is 0. The van der Waals surface area contributed by atoms with E-state index in [0.29, 0.717) is 12.6 Å². The molecule has 17 heavy (non-hydrogen) atoms. The average molecular weight is 232 g/mol. The molecule has 1 aromatic rings. The Hall–Kier alpha value is -1.35. The second-order valence-corrected chi connectivity index (χ2v) is 4.69. The van der Waals surface area contributed by atoms with Crippen LogP contribution in [0.1, 0.15) is 41.6 Å². The van der Waals surface area contributed by atoms with Crippen LogP contribution in [0.15, 0.2) is 24.3 Å². The molecule has 0 aliphatic heterocycles. The summed E-state index contributed by atoms with van der Waals surface area (Å²) in [4.78, 5) is 11.9. The summed E-state index contributed by atoms with van der Waals surface area (Å²) in [5.41, 5.74) is 7.42. The molecule has 1 aromatic carbocycles. The molecule has 0 aromatic heterocycles. The quantitative estimate of drug-likeness (QED) is 0.832. The Labute approximate surface area is 102 Å². The van der Waals surface area contributed by atoms with E-state index in [9.17, 15) is 4.79 Å². The lowest BCUT2D eigenvalue weighted by atomic mass is 10.1. The van der Waals surface area contributed by atoms with E-state index in [4.69, 9.17) is 5.73 Å². The van der Waals surface area contributed by atoms with Gasteiger partial charge in [0.05, 0.1) is 0 Å². The van der Waals surface area contributed by atoms with Crippen LogP contribution in [0.2, 0.25) is 0 Å². The fourth-order valence-corrected chi connectivity index (χ4v) is 2.33. The van der Waals surface area contributed by atoms with Crippen molar-refractivity contribution in [2.24, 2.45) is 5.73 Å². The van der Waals surface area contributed by atoms with E-state index in [1.54, 1.807) is 0 Å². The van der Waals surface area contributed by atoms with Crippen molar-refractivity contribution in [2.45, 2.75) is 38.1 Å². The van der Waals surface area contributed by atoms with Crippen LogP contribution >= 0.6 is 0 Å². The molecule has 1 aliphatic rings. The highest BCUT2D eigenvalue weighted by Crippen LogP contribution is 2.18. The molecule has 1 fully saturated rings. The number of benzene rings is 1. The lowest BCUT2D eigenvalue weighted by molar-refractivity contribution is 0.0938. The first-order chi connectivity index (χ1) is 8.29. The molecule has 0 unspecified atom stereocenters. The predicted molar refractivity (Wildman–Crippen MR) is 68.9 cm³/mol. The van der Waals surface area contributed by atoms with Crippen LogP contribution < -0.4 is 11.1 Å². The number of amides is 1. The normalized spacial score (nSPS) is 16.1. The predicted octanol–water partition coefficient (Wildman–Crippen LogP) is 1.86. The summed E-state index contributed by atoms with van der Waals surface area (Å²) in [7, 11) is 0. The third kappa shape index (κ3) is 3.30. The van der Waals surface area contributed by atoms with Crippen molar-refractivity contribution in [3.8, 4) is 0 Å². The lowest BCUT2D eigenvalue weighted by Gasteiger charge is -2.12. The number of hydrogen-bond donors (Lipinski definition) is 2. The molecule has 1 saturated carbocycles. The summed E-state index contributed by atoms with van der Waals surface area (Å²) in [5, 5.41) is 3.08. The van der Waals surface area contributed by atoms with Crippen LogP contribution in [0.5, 0.6) is 0 Å². The molecule has 2 rings (SSSR count). The van der Waals surface area contributed by atoms with Crippen molar-refractivity contribution in [2.75, 3.05) is 6.54 Å². The molecular weight excluding hydrogens is 212 g/mol. The third-order valence-electron chi connectivity index (χ3n) is 3.34. The first-order valence-corrected chi connectivity index (χ1v) is 6.39. The summed E-state index contributed by atoms with van der Waals surface area (Å²) in [6.07, 6.45) is 5.58. The van der Waals surface area contributed by atoms with Gasteiger partial charge >= 0.3 is 0 Å². The number of carbonyl (C=O) groups is 1. The van der Waals surface area contributed by atoms with Gasteiger partial charge in [-0.05, 0) is 43.5 Å². The minimum absolute atomic E-state index is 0.0520. The maximum Gasteiger partial charge on any atom is 0.251 e. The minimum Gasteiger partial charge on any atom is -0.349 e. The Morgan fingerprint density at radius 3 is 2.47 bits per heavy atom. The van der Waals surface area contributed by atoms with Gasteiger partial charge in [-0.2, -0.15) is 0 Å². The second-order valence-electron chi connectivity index (χ2n) is 4.69. The molecule has 3 nitrogen and oxygen atoms in total. The highest BCUT2D eigenvalue weighted by molar-refractivity contribution is 5.94. The highest BCUT2D eigenvalue weighted by Gasteiger charge is 2.17. The average Bonchev–Trinajstić information content (AvgIpc) is 2.83. The van der Waals surface area contributed by atoms with Gasteiger partial charge in [-0.1, -0.05) is 25.0 Å². The lowest BCUT2D eigenvalue weighted by Crippen LogP contribution is -2.32. The fourth-order valence-electron chi connectivity index (χ4n) is 2.33. The number of nitrogens with two attached hydrogens (primary N) is 1. The van der Waals surface area contributed by atoms with E-state index in [-0.39, 0.29) is 5.91 Å². The van der Waals surface area contributed by atoms with E-state index in [2.05, 4.69) is 5.32 Å². The minimum atomic E-state index is 0.0520. The summed E-state index contributed by atoms with van der Waals surface area (Å²) in [6, 6.07) is 8.11. The summed E-state index contributed by atoms with van der Waals surface area (Å²) in [5.74, 6) is 0.0520. The van der Waals surface area contributed by atoms with E-state index in [1.165, 1.54) is 18.4 Å². The number of hydrogen-bond acceptors (Lipinski definition) is 2. The summed E-state index contributed by atoms with van der Waals surface area (Å²) in [6.45, 7) is 0.646.